The van der Waals surface area contributed by atoms with Crippen molar-refractivity contribution in [2.24, 2.45) is 0 Å². The van der Waals surface area contributed by atoms with Crippen molar-refractivity contribution in [3.63, 3.8) is 0 Å². The maximum Gasteiger partial charge on any atom is 0.251 e. The molecule has 6 heteroatoms. The van der Waals surface area contributed by atoms with E-state index in [0.717, 1.165) is 44.6 Å². The second-order valence-corrected chi connectivity index (χ2v) is 7.55. The van der Waals surface area contributed by atoms with E-state index in [1.807, 2.05) is 12.1 Å². The van der Waals surface area contributed by atoms with Crippen molar-refractivity contribution >= 4 is 5.91 Å². The van der Waals surface area contributed by atoms with E-state index in [1.54, 1.807) is 18.2 Å². The van der Waals surface area contributed by atoms with Gasteiger partial charge in [-0.05, 0) is 37.1 Å². The lowest BCUT2D eigenvalue weighted by atomic mass is 10.1. The van der Waals surface area contributed by atoms with Crippen LogP contribution in [0, 0.1) is 0 Å². The molecule has 4 rings (SSSR count). The van der Waals surface area contributed by atoms with Gasteiger partial charge >= 0.3 is 0 Å². The van der Waals surface area contributed by atoms with Gasteiger partial charge in [-0.25, -0.2) is 0 Å². The molecule has 29 heavy (non-hydrogen) atoms. The van der Waals surface area contributed by atoms with Gasteiger partial charge in [0.05, 0.1) is 0 Å². The number of unbranched alkanes of at least 4 members (excludes halogenated alkanes) is 1. The van der Waals surface area contributed by atoms with Crippen LogP contribution in [0.15, 0.2) is 42.5 Å². The molecular formula is C23H28N2O4. The minimum absolute atomic E-state index is 0.0997. The number of ether oxygens (including phenoxy) is 3. The van der Waals surface area contributed by atoms with Crippen LogP contribution in [0.2, 0.25) is 0 Å². The number of fused-ring (bicyclic) bond motifs is 2. The summed E-state index contributed by atoms with van der Waals surface area (Å²) in [6, 6.07) is 13.5. The summed E-state index contributed by atoms with van der Waals surface area (Å²) in [7, 11) is 0. The second kappa shape index (κ2) is 9.18. The minimum atomic E-state index is -0.0997. The van der Waals surface area contributed by atoms with Gasteiger partial charge in [0, 0.05) is 37.3 Å². The van der Waals surface area contributed by atoms with Crippen LogP contribution in [-0.2, 0) is 6.54 Å². The van der Waals surface area contributed by atoms with E-state index < -0.39 is 0 Å². The highest BCUT2D eigenvalue weighted by Gasteiger charge is 2.22. The lowest BCUT2D eigenvalue weighted by Gasteiger charge is -2.24. The molecule has 0 radical (unpaired) electrons. The van der Waals surface area contributed by atoms with Gasteiger partial charge in [-0.2, -0.15) is 0 Å². The molecule has 6 nitrogen and oxygen atoms in total. The third-order valence-electron chi connectivity index (χ3n) is 5.35. The summed E-state index contributed by atoms with van der Waals surface area (Å²) >= 11 is 0. The Kier molecular flexibility index (Phi) is 6.20. The maximum atomic E-state index is 12.5. The molecule has 2 heterocycles. The lowest BCUT2D eigenvalue weighted by molar-refractivity contribution is 0.0941. The SMILES string of the molecule is CCCCC1CN(CCNC(=O)c2ccc3c(c2)OCO3)Cc2ccccc2O1. The molecular weight excluding hydrogens is 368 g/mol. The molecule has 1 unspecified atom stereocenters. The highest BCUT2D eigenvalue weighted by atomic mass is 16.7. The number of nitrogens with one attached hydrogen (secondary N) is 1. The van der Waals surface area contributed by atoms with Gasteiger partial charge in [-0.1, -0.05) is 31.5 Å². The van der Waals surface area contributed by atoms with E-state index in [1.165, 1.54) is 5.56 Å². The van der Waals surface area contributed by atoms with Crippen molar-refractivity contribution in [2.45, 2.75) is 38.8 Å². The average Bonchev–Trinajstić information content (AvgIpc) is 3.13. The topological polar surface area (TPSA) is 60.0 Å². The number of hydrogen-bond acceptors (Lipinski definition) is 5. The van der Waals surface area contributed by atoms with Crippen LogP contribution in [0.1, 0.15) is 42.1 Å². The number of nitrogens with zero attached hydrogens (tertiary/aromatic N) is 1. The Hall–Kier alpha value is -2.73. The van der Waals surface area contributed by atoms with Crippen molar-refractivity contribution < 1.29 is 19.0 Å². The first-order valence-electron chi connectivity index (χ1n) is 10.4. The standard InChI is InChI=1S/C23H28N2O4/c1-2-3-7-19-15-25(14-18-6-4-5-8-20(18)29-19)12-11-24-23(26)17-9-10-21-22(13-17)28-16-27-21/h4-6,8-10,13,19H,2-3,7,11-12,14-16H2,1H3,(H,24,26). The second-order valence-electron chi connectivity index (χ2n) is 7.55. The molecule has 2 aromatic rings. The van der Waals surface area contributed by atoms with Gasteiger partial charge in [0.2, 0.25) is 6.79 Å². The molecule has 0 aromatic heterocycles. The normalized spacial score (nSPS) is 17.9. The smallest absolute Gasteiger partial charge is 0.251 e. The molecule has 2 aliphatic rings. The Labute approximate surface area is 171 Å². The van der Waals surface area contributed by atoms with Gasteiger partial charge in [0.25, 0.3) is 5.91 Å². The summed E-state index contributed by atoms with van der Waals surface area (Å²) in [5, 5.41) is 3.02. The van der Waals surface area contributed by atoms with Crippen LogP contribution in [0.5, 0.6) is 17.2 Å². The molecule has 0 saturated carbocycles. The number of carbonyl (C=O) groups excluding carboxylic acids is 1. The van der Waals surface area contributed by atoms with Gasteiger partial charge in [-0.15, -0.1) is 0 Å². The molecule has 1 N–H and O–H groups in total. The number of benzene rings is 2. The number of para-hydroxylation sites is 1. The number of carbonyl (C=O) groups is 1. The Morgan fingerprint density at radius 3 is 2.90 bits per heavy atom. The predicted molar refractivity (Wildman–Crippen MR) is 111 cm³/mol. The molecule has 2 aromatic carbocycles. The van der Waals surface area contributed by atoms with Crippen LogP contribution >= 0.6 is 0 Å². The summed E-state index contributed by atoms with van der Waals surface area (Å²) < 4.78 is 16.9. The van der Waals surface area contributed by atoms with Gasteiger partial charge in [0.1, 0.15) is 11.9 Å². The molecule has 0 fully saturated rings. The molecule has 0 saturated heterocycles. The van der Waals surface area contributed by atoms with Gasteiger partial charge in [0.15, 0.2) is 11.5 Å². The number of hydrogen-bond donors (Lipinski definition) is 1. The Morgan fingerprint density at radius 2 is 2.00 bits per heavy atom. The summed E-state index contributed by atoms with van der Waals surface area (Å²) in [5.74, 6) is 2.19. The fourth-order valence-electron chi connectivity index (χ4n) is 3.78. The fraction of sp³-hybridized carbons (Fsp3) is 0.435. The molecule has 1 amide bonds. The van der Waals surface area contributed by atoms with Crippen molar-refractivity contribution in [2.75, 3.05) is 26.4 Å². The first-order chi connectivity index (χ1) is 14.2. The number of amides is 1. The zero-order valence-electron chi connectivity index (χ0n) is 16.9. The quantitative estimate of drug-likeness (QED) is 0.775. The van der Waals surface area contributed by atoms with Crippen molar-refractivity contribution in [3.05, 3.63) is 53.6 Å². The predicted octanol–water partition coefficient (Wildman–Crippen LogP) is 3.60. The summed E-state index contributed by atoms with van der Waals surface area (Å²) in [6.07, 6.45) is 3.54. The van der Waals surface area contributed by atoms with Crippen molar-refractivity contribution in [1.82, 2.24) is 10.2 Å². The Balaban J connectivity index is 1.34. The number of rotatable bonds is 7. The minimum Gasteiger partial charge on any atom is -0.489 e. The monoisotopic (exact) mass is 396 g/mol. The first-order valence-corrected chi connectivity index (χ1v) is 10.4. The first kappa shape index (κ1) is 19.6. The van der Waals surface area contributed by atoms with E-state index in [-0.39, 0.29) is 18.8 Å². The van der Waals surface area contributed by atoms with Crippen LogP contribution in [-0.4, -0.2) is 43.3 Å². The molecule has 0 spiro atoms. The highest BCUT2D eigenvalue weighted by molar-refractivity contribution is 5.94. The third-order valence-corrected chi connectivity index (χ3v) is 5.35. The van der Waals surface area contributed by atoms with Crippen LogP contribution in [0.3, 0.4) is 0 Å². The molecule has 154 valence electrons. The van der Waals surface area contributed by atoms with Gasteiger partial charge < -0.3 is 19.5 Å². The Bertz CT molecular complexity index is 855. The van der Waals surface area contributed by atoms with E-state index in [2.05, 4.69) is 29.3 Å². The third kappa shape index (κ3) is 4.82. The molecule has 0 aliphatic carbocycles. The fourth-order valence-corrected chi connectivity index (χ4v) is 3.78. The van der Waals surface area contributed by atoms with Crippen molar-refractivity contribution in [1.29, 1.82) is 0 Å². The highest BCUT2D eigenvalue weighted by Crippen LogP contribution is 2.32. The van der Waals surface area contributed by atoms with Crippen LogP contribution in [0.4, 0.5) is 0 Å². The Morgan fingerprint density at radius 1 is 1.14 bits per heavy atom. The molecule has 0 bridgehead atoms. The van der Waals surface area contributed by atoms with E-state index >= 15 is 0 Å². The van der Waals surface area contributed by atoms with Crippen LogP contribution in [0.25, 0.3) is 0 Å². The zero-order valence-corrected chi connectivity index (χ0v) is 16.9. The van der Waals surface area contributed by atoms with E-state index in [0.29, 0.717) is 23.6 Å². The van der Waals surface area contributed by atoms with Crippen LogP contribution < -0.4 is 19.5 Å². The van der Waals surface area contributed by atoms with Crippen molar-refractivity contribution in [3.8, 4) is 17.2 Å². The summed E-state index contributed by atoms with van der Waals surface area (Å²) in [4.78, 5) is 14.9. The lowest BCUT2D eigenvalue weighted by Crippen LogP contribution is -2.38. The molecule has 2 aliphatic heterocycles. The average molecular weight is 396 g/mol. The van der Waals surface area contributed by atoms with Gasteiger partial charge in [-0.3, -0.25) is 9.69 Å². The van der Waals surface area contributed by atoms with E-state index in [9.17, 15) is 4.79 Å². The zero-order chi connectivity index (χ0) is 20.1. The summed E-state index contributed by atoms with van der Waals surface area (Å²) in [6.45, 7) is 5.46. The molecule has 1 atom stereocenters. The summed E-state index contributed by atoms with van der Waals surface area (Å²) in [5.41, 5.74) is 1.79. The maximum absolute atomic E-state index is 12.5. The largest absolute Gasteiger partial charge is 0.489 e. The van der Waals surface area contributed by atoms with E-state index in [4.69, 9.17) is 14.2 Å².